The van der Waals surface area contributed by atoms with Crippen LogP contribution < -0.4 is 4.74 Å². The van der Waals surface area contributed by atoms with E-state index in [1.807, 2.05) is 10.4 Å². The molecule has 0 unspecified atom stereocenters. The number of aromatic nitrogens is 1. The maximum absolute atomic E-state index is 13.0. The van der Waals surface area contributed by atoms with Crippen molar-refractivity contribution in [3.05, 3.63) is 46.7 Å². The topological polar surface area (TPSA) is 45.7 Å². The maximum Gasteiger partial charge on any atom is 0.260 e. The molecule has 0 spiro atoms. The fourth-order valence-corrected chi connectivity index (χ4v) is 4.47. The molecule has 2 atom stereocenters. The largest absolute Gasteiger partial charge is 0.484 e. The predicted octanol–water partition coefficient (Wildman–Crippen LogP) is 2.78. The molecule has 1 aromatic heterocycles. The number of nitrogens with zero attached hydrogens (tertiary/aromatic N) is 3. The molecule has 1 aromatic carbocycles. The quantitative estimate of drug-likeness (QED) is 0.806. The van der Waals surface area contributed by atoms with Gasteiger partial charge in [0.25, 0.3) is 5.91 Å². The molecule has 0 radical (unpaired) electrons. The van der Waals surface area contributed by atoms with E-state index >= 15 is 0 Å². The first-order valence-corrected chi connectivity index (χ1v) is 9.89. The number of rotatable bonds is 5. The van der Waals surface area contributed by atoms with Crippen molar-refractivity contribution in [2.75, 3.05) is 26.2 Å². The van der Waals surface area contributed by atoms with E-state index < -0.39 is 0 Å². The molecule has 138 valence electrons. The monoisotopic (exact) mass is 375 g/mol. The Morgan fingerprint density at radius 2 is 2.08 bits per heavy atom. The summed E-state index contributed by atoms with van der Waals surface area (Å²) in [5.41, 5.74) is 2.97. The molecular formula is C19H22FN3O2S. The number of piperidine rings is 1. The zero-order chi connectivity index (χ0) is 17.9. The van der Waals surface area contributed by atoms with Gasteiger partial charge < -0.3 is 9.64 Å². The number of fused-ring (bicyclic) bond motifs is 4. The van der Waals surface area contributed by atoms with Crippen LogP contribution in [0.25, 0.3) is 0 Å². The lowest BCUT2D eigenvalue weighted by molar-refractivity contribution is -0.137. The van der Waals surface area contributed by atoms with Gasteiger partial charge in [-0.25, -0.2) is 9.37 Å². The highest BCUT2D eigenvalue weighted by molar-refractivity contribution is 7.07. The predicted molar refractivity (Wildman–Crippen MR) is 97.5 cm³/mol. The Hall–Kier alpha value is -1.99. The Kier molecular flexibility index (Phi) is 5.17. The van der Waals surface area contributed by atoms with Crippen molar-refractivity contribution in [1.82, 2.24) is 14.8 Å². The standard InChI is InChI=1S/C19H22FN3O2S/c20-15-2-5-18(6-3-15)25-11-19(24)23-8-14-1-4-17(23)10-22(7-14)9-16-12-26-13-21-16/h2-3,5-6,12-14,17H,1,4,7-11H2/t14-,17+/m1/s1. The van der Waals surface area contributed by atoms with Gasteiger partial charge in [0.2, 0.25) is 0 Å². The van der Waals surface area contributed by atoms with Crippen LogP contribution in [0, 0.1) is 11.7 Å². The Balaban J connectivity index is 1.36. The first kappa shape index (κ1) is 17.4. The number of carbonyl (C=O) groups excluding carboxylic acids is 1. The third kappa shape index (κ3) is 4.04. The van der Waals surface area contributed by atoms with Gasteiger partial charge in [0.15, 0.2) is 6.61 Å². The summed E-state index contributed by atoms with van der Waals surface area (Å²) in [7, 11) is 0. The Labute approximate surface area is 156 Å². The lowest BCUT2D eigenvalue weighted by atomic mass is 9.95. The van der Waals surface area contributed by atoms with E-state index in [0.29, 0.717) is 11.7 Å². The smallest absolute Gasteiger partial charge is 0.260 e. The zero-order valence-electron chi connectivity index (χ0n) is 14.5. The number of amides is 1. The number of carbonyl (C=O) groups is 1. The van der Waals surface area contributed by atoms with E-state index in [0.717, 1.165) is 38.3 Å². The molecule has 3 aliphatic heterocycles. The number of hydrogen-bond acceptors (Lipinski definition) is 5. The molecule has 2 aromatic rings. The van der Waals surface area contributed by atoms with Crippen LogP contribution in [-0.4, -0.2) is 53.0 Å². The van der Waals surface area contributed by atoms with Crippen LogP contribution in [0.1, 0.15) is 18.5 Å². The molecule has 4 heterocycles. The minimum atomic E-state index is -0.311. The van der Waals surface area contributed by atoms with Crippen molar-refractivity contribution in [3.8, 4) is 5.75 Å². The highest BCUT2D eigenvalue weighted by Gasteiger charge is 2.37. The van der Waals surface area contributed by atoms with Crippen LogP contribution in [-0.2, 0) is 11.3 Å². The highest BCUT2D eigenvalue weighted by Crippen LogP contribution is 2.29. The van der Waals surface area contributed by atoms with E-state index in [4.69, 9.17) is 4.74 Å². The number of halogens is 1. The molecule has 5 rings (SSSR count). The van der Waals surface area contributed by atoms with E-state index in [-0.39, 0.29) is 24.4 Å². The van der Waals surface area contributed by atoms with Crippen LogP contribution in [0.5, 0.6) is 5.75 Å². The van der Waals surface area contributed by atoms with Crippen molar-refractivity contribution in [2.45, 2.75) is 25.4 Å². The summed E-state index contributed by atoms with van der Waals surface area (Å²) in [4.78, 5) is 21.5. The van der Waals surface area contributed by atoms with E-state index in [9.17, 15) is 9.18 Å². The van der Waals surface area contributed by atoms with Crippen molar-refractivity contribution in [2.24, 2.45) is 5.92 Å². The van der Waals surface area contributed by atoms with E-state index in [2.05, 4.69) is 15.3 Å². The molecular weight excluding hydrogens is 353 g/mol. The summed E-state index contributed by atoms with van der Waals surface area (Å²) >= 11 is 1.62. The second kappa shape index (κ2) is 7.72. The fraction of sp³-hybridized carbons (Fsp3) is 0.474. The second-order valence-electron chi connectivity index (χ2n) is 7.06. The Morgan fingerprint density at radius 3 is 2.85 bits per heavy atom. The van der Waals surface area contributed by atoms with Gasteiger partial charge in [-0.15, -0.1) is 11.3 Å². The molecule has 0 N–H and O–H groups in total. The van der Waals surface area contributed by atoms with Gasteiger partial charge in [-0.2, -0.15) is 0 Å². The molecule has 2 bridgehead atoms. The molecule has 3 saturated heterocycles. The molecule has 1 amide bonds. The molecule has 26 heavy (non-hydrogen) atoms. The average molecular weight is 375 g/mol. The number of ether oxygens (including phenoxy) is 1. The van der Waals surface area contributed by atoms with Crippen LogP contribution in [0.2, 0.25) is 0 Å². The summed E-state index contributed by atoms with van der Waals surface area (Å²) in [6.45, 7) is 3.54. The molecule has 0 saturated carbocycles. The molecule has 5 nitrogen and oxygen atoms in total. The minimum absolute atomic E-state index is 0.000931. The van der Waals surface area contributed by atoms with E-state index in [1.165, 1.54) is 18.6 Å². The SMILES string of the molecule is O=C(COc1ccc(F)cc1)N1C[C@@H]2CC[C@H]1CN(Cc1cscn1)C2. The summed E-state index contributed by atoms with van der Waals surface area (Å²) in [5, 5.41) is 2.09. The lowest BCUT2D eigenvalue weighted by Gasteiger charge is -2.36. The van der Waals surface area contributed by atoms with Crippen molar-refractivity contribution < 1.29 is 13.9 Å². The van der Waals surface area contributed by atoms with Crippen LogP contribution in [0.3, 0.4) is 0 Å². The minimum Gasteiger partial charge on any atom is -0.484 e. The number of thiazole rings is 1. The van der Waals surface area contributed by atoms with Gasteiger partial charge in [-0.1, -0.05) is 0 Å². The van der Waals surface area contributed by atoms with Gasteiger partial charge in [0.05, 0.1) is 11.2 Å². The van der Waals surface area contributed by atoms with Crippen LogP contribution >= 0.6 is 11.3 Å². The average Bonchev–Trinajstić information content (AvgIpc) is 2.99. The Morgan fingerprint density at radius 1 is 1.23 bits per heavy atom. The maximum atomic E-state index is 13.0. The molecule has 7 heteroatoms. The number of benzene rings is 1. The van der Waals surface area contributed by atoms with Gasteiger partial charge in [0.1, 0.15) is 11.6 Å². The number of hydrogen-bond donors (Lipinski definition) is 0. The van der Waals surface area contributed by atoms with Crippen molar-refractivity contribution >= 4 is 17.2 Å². The van der Waals surface area contributed by atoms with Crippen molar-refractivity contribution in [1.29, 1.82) is 0 Å². The first-order chi connectivity index (χ1) is 12.7. The summed E-state index contributed by atoms with van der Waals surface area (Å²) in [6.07, 6.45) is 2.21. The van der Waals surface area contributed by atoms with Gasteiger partial charge >= 0.3 is 0 Å². The zero-order valence-corrected chi connectivity index (χ0v) is 15.3. The molecule has 0 aliphatic carbocycles. The fourth-order valence-electron chi connectivity index (χ4n) is 3.92. The summed E-state index contributed by atoms with van der Waals surface area (Å²) in [5.74, 6) is 0.722. The lowest BCUT2D eigenvalue weighted by Crippen LogP contribution is -2.49. The summed E-state index contributed by atoms with van der Waals surface area (Å²) in [6, 6.07) is 6.00. The molecule has 3 fully saturated rings. The summed E-state index contributed by atoms with van der Waals surface area (Å²) < 4.78 is 18.5. The van der Waals surface area contributed by atoms with Gasteiger partial charge in [0, 0.05) is 37.6 Å². The van der Waals surface area contributed by atoms with Gasteiger partial charge in [-0.05, 0) is 43.0 Å². The van der Waals surface area contributed by atoms with Crippen LogP contribution in [0.4, 0.5) is 4.39 Å². The third-order valence-corrected chi connectivity index (χ3v) is 5.79. The third-order valence-electron chi connectivity index (χ3n) is 5.15. The first-order valence-electron chi connectivity index (χ1n) is 8.94. The molecule has 3 aliphatic rings. The van der Waals surface area contributed by atoms with Gasteiger partial charge in [-0.3, -0.25) is 9.69 Å². The second-order valence-corrected chi connectivity index (χ2v) is 7.78. The van der Waals surface area contributed by atoms with Crippen molar-refractivity contribution in [3.63, 3.8) is 0 Å². The van der Waals surface area contributed by atoms with E-state index in [1.54, 1.807) is 23.5 Å². The Bertz CT molecular complexity index is 738. The normalized spacial score (nSPS) is 23.0. The van der Waals surface area contributed by atoms with Crippen LogP contribution in [0.15, 0.2) is 35.2 Å². The highest BCUT2D eigenvalue weighted by atomic mass is 32.1.